The van der Waals surface area contributed by atoms with Gasteiger partial charge in [0.05, 0.1) is 0 Å². The fourth-order valence-electron chi connectivity index (χ4n) is 2.02. The Morgan fingerprint density at radius 3 is 2.86 bits per heavy atom. The highest BCUT2D eigenvalue weighted by Crippen LogP contribution is 2.20. The van der Waals surface area contributed by atoms with E-state index in [4.69, 9.17) is 0 Å². The summed E-state index contributed by atoms with van der Waals surface area (Å²) in [4.78, 5) is 6.86. The molecule has 2 heteroatoms. The fraction of sp³-hybridized carbons (Fsp3) is 0.583. The summed E-state index contributed by atoms with van der Waals surface area (Å²) in [5, 5.41) is 0. The molecule has 0 amide bonds. The Morgan fingerprint density at radius 2 is 2.14 bits per heavy atom. The zero-order valence-corrected chi connectivity index (χ0v) is 9.25. The molecule has 1 aliphatic rings. The van der Waals surface area contributed by atoms with Crippen LogP contribution in [0.2, 0.25) is 0 Å². The molecule has 2 rings (SSSR count). The molecule has 0 fully saturated rings. The maximum atomic E-state index is 4.36. The van der Waals surface area contributed by atoms with Gasteiger partial charge in [0, 0.05) is 31.0 Å². The van der Waals surface area contributed by atoms with Gasteiger partial charge in [0.15, 0.2) is 0 Å². The molecule has 0 N–H and O–H groups in total. The maximum Gasteiger partial charge on any atom is 0.0375 e. The number of rotatable bonds is 1. The third-order valence-electron chi connectivity index (χ3n) is 2.99. The van der Waals surface area contributed by atoms with Gasteiger partial charge in [-0.2, -0.15) is 0 Å². The maximum absolute atomic E-state index is 4.36. The van der Waals surface area contributed by atoms with E-state index in [1.165, 1.54) is 24.1 Å². The highest BCUT2D eigenvalue weighted by molar-refractivity contribution is 5.28. The van der Waals surface area contributed by atoms with Gasteiger partial charge in [0.1, 0.15) is 0 Å². The summed E-state index contributed by atoms with van der Waals surface area (Å²) in [7, 11) is 0. The molecule has 14 heavy (non-hydrogen) atoms. The topological polar surface area (TPSA) is 16.1 Å². The van der Waals surface area contributed by atoms with Crippen molar-refractivity contribution in [1.29, 1.82) is 0 Å². The van der Waals surface area contributed by atoms with Crippen LogP contribution in [0.25, 0.3) is 0 Å². The lowest BCUT2D eigenvalue weighted by Gasteiger charge is -2.31. The summed E-state index contributed by atoms with van der Waals surface area (Å²) < 4.78 is 0. The molecule has 1 aromatic heterocycles. The summed E-state index contributed by atoms with van der Waals surface area (Å²) in [6.45, 7) is 8.84. The number of aryl methyl sites for hydroxylation is 1. The normalized spacial score (nSPS) is 17.1. The summed E-state index contributed by atoms with van der Waals surface area (Å²) in [5.41, 5.74) is 4.05. The van der Waals surface area contributed by atoms with Crippen molar-refractivity contribution >= 4 is 0 Å². The van der Waals surface area contributed by atoms with Crippen molar-refractivity contribution < 1.29 is 0 Å². The highest BCUT2D eigenvalue weighted by atomic mass is 15.1. The molecule has 2 nitrogen and oxygen atoms in total. The molecule has 0 saturated heterocycles. The van der Waals surface area contributed by atoms with Crippen LogP contribution in [-0.4, -0.2) is 22.5 Å². The second kappa shape index (κ2) is 3.70. The van der Waals surface area contributed by atoms with Crippen molar-refractivity contribution in [3.8, 4) is 0 Å². The van der Waals surface area contributed by atoms with E-state index in [-0.39, 0.29) is 0 Å². The van der Waals surface area contributed by atoms with Crippen molar-refractivity contribution in [2.45, 2.75) is 39.8 Å². The second-order valence-corrected chi connectivity index (χ2v) is 4.41. The van der Waals surface area contributed by atoms with Crippen LogP contribution in [-0.2, 0) is 13.0 Å². The molecule has 76 valence electrons. The quantitative estimate of drug-likeness (QED) is 0.674. The van der Waals surface area contributed by atoms with Crippen molar-refractivity contribution in [2.24, 2.45) is 0 Å². The SMILES string of the molecule is Cc1cc2c(cn1)CN(C(C)C)CC2. The van der Waals surface area contributed by atoms with Gasteiger partial charge < -0.3 is 0 Å². The molecule has 0 aliphatic carbocycles. The Kier molecular flexibility index (Phi) is 2.55. The molecule has 0 atom stereocenters. The average molecular weight is 190 g/mol. The van der Waals surface area contributed by atoms with E-state index in [0.717, 1.165) is 12.2 Å². The van der Waals surface area contributed by atoms with Gasteiger partial charge >= 0.3 is 0 Å². The standard InChI is InChI=1S/C12H18N2/c1-9(2)14-5-4-11-6-10(3)13-7-12(11)8-14/h6-7,9H,4-5,8H2,1-3H3. The van der Waals surface area contributed by atoms with Gasteiger partial charge in [0.2, 0.25) is 0 Å². The lowest BCUT2D eigenvalue weighted by Crippen LogP contribution is -2.35. The molecule has 1 aliphatic heterocycles. The highest BCUT2D eigenvalue weighted by Gasteiger charge is 2.18. The first-order valence-electron chi connectivity index (χ1n) is 5.35. The van der Waals surface area contributed by atoms with E-state index >= 15 is 0 Å². The first-order valence-corrected chi connectivity index (χ1v) is 5.35. The molecule has 0 saturated carbocycles. The zero-order chi connectivity index (χ0) is 10.1. The smallest absolute Gasteiger partial charge is 0.0375 e. The summed E-state index contributed by atoms with van der Waals surface area (Å²) in [6.07, 6.45) is 3.22. The molecule has 0 bridgehead atoms. The second-order valence-electron chi connectivity index (χ2n) is 4.41. The van der Waals surface area contributed by atoms with Crippen LogP contribution < -0.4 is 0 Å². The predicted octanol–water partition coefficient (Wildman–Crippen LogP) is 2.16. The summed E-state index contributed by atoms with van der Waals surface area (Å²) >= 11 is 0. The monoisotopic (exact) mass is 190 g/mol. The van der Waals surface area contributed by atoms with E-state index in [1.54, 1.807) is 0 Å². The minimum atomic E-state index is 0.643. The Balaban J connectivity index is 2.23. The Hall–Kier alpha value is -0.890. The van der Waals surface area contributed by atoms with Crippen LogP contribution in [0.15, 0.2) is 12.3 Å². The molecule has 2 heterocycles. The molecule has 1 aromatic rings. The largest absolute Gasteiger partial charge is 0.296 e. The van der Waals surface area contributed by atoms with Crippen LogP contribution in [0.1, 0.15) is 30.7 Å². The van der Waals surface area contributed by atoms with Crippen molar-refractivity contribution in [3.63, 3.8) is 0 Å². The van der Waals surface area contributed by atoms with Crippen LogP contribution in [0.3, 0.4) is 0 Å². The van der Waals surface area contributed by atoms with E-state index in [0.29, 0.717) is 6.04 Å². The van der Waals surface area contributed by atoms with E-state index in [2.05, 4.69) is 36.7 Å². The van der Waals surface area contributed by atoms with Crippen molar-refractivity contribution in [3.05, 3.63) is 29.1 Å². The fourth-order valence-corrected chi connectivity index (χ4v) is 2.02. The van der Waals surface area contributed by atoms with Crippen LogP contribution in [0.4, 0.5) is 0 Å². The third kappa shape index (κ3) is 1.80. The number of aromatic nitrogens is 1. The van der Waals surface area contributed by atoms with Crippen molar-refractivity contribution in [2.75, 3.05) is 6.54 Å². The van der Waals surface area contributed by atoms with E-state index in [1.807, 2.05) is 6.20 Å². The Labute approximate surface area is 86.0 Å². The minimum absolute atomic E-state index is 0.643. The Morgan fingerprint density at radius 1 is 1.36 bits per heavy atom. The molecule has 0 aromatic carbocycles. The minimum Gasteiger partial charge on any atom is -0.296 e. The molecule has 0 unspecified atom stereocenters. The summed E-state index contributed by atoms with van der Waals surface area (Å²) in [5.74, 6) is 0. The van der Waals surface area contributed by atoms with Crippen LogP contribution >= 0.6 is 0 Å². The van der Waals surface area contributed by atoms with Crippen molar-refractivity contribution in [1.82, 2.24) is 9.88 Å². The summed E-state index contributed by atoms with van der Waals surface area (Å²) in [6, 6.07) is 2.87. The first kappa shape index (κ1) is 9.66. The van der Waals surface area contributed by atoms with E-state index in [9.17, 15) is 0 Å². The van der Waals surface area contributed by atoms with Gasteiger partial charge in [-0.05, 0) is 44.4 Å². The molecule has 0 spiro atoms. The number of fused-ring (bicyclic) bond motifs is 1. The zero-order valence-electron chi connectivity index (χ0n) is 9.25. The lowest BCUT2D eigenvalue weighted by atomic mass is 10.0. The number of nitrogens with zero attached hydrogens (tertiary/aromatic N) is 2. The molecule has 0 radical (unpaired) electrons. The Bertz CT molecular complexity index is 331. The van der Waals surface area contributed by atoms with Crippen LogP contribution in [0.5, 0.6) is 0 Å². The molecular weight excluding hydrogens is 172 g/mol. The van der Waals surface area contributed by atoms with Gasteiger partial charge in [0.25, 0.3) is 0 Å². The van der Waals surface area contributed by atoms with Gasteiger partial charge in [-0.15, -0.1) is 0 Å². The van der Waals surface area contributed by atoms with Gasteiger partial charge in [-0.3, -0.25) is 9.88 Å². The predicted molar refractivity (Wildman–Crippen MR) is 58.2 cm³/mol. The number of hydrogen-bond acceptors (Lipinski definition) is 2. The van der Waals surface area contributed by atoms with Gasteiger partial charge in [-0.25, -0.2) is 0 Å². The number of hydrogen-bond donors (Lipinski definition) is 0. The van der Waals surface area contributed by atoms with Gasteiger partial charge in [-0.1, -0.05) is 0 Å². The molecular formula is C12H18N2. The average Bonchev–Trinajstić information content (AvgIpc) is 2.16. The first-order chi connectivity index (χ1) is 6.66. The van der Waals surface area contributed by atoms with Crippen LogP contribution in [0, 0.1) is 6.92 Å². The lowest BCUT2D eigenvalue weighted by molar-refractivity contribution is 0.203. The van der Waals surface area contributed by atoms with E-state index < -0.39 is 0 Å². The number of pyridine rings is 1. The third-order valence-corrected chi connectivity index (χ3v) is 2.99.